The highest BCUT2D eigenvalue weighted by Crippen LogP contribution is 2.19. The van der Waals surface area contributed by atoms with Crippen LogP contribution in [0.1, 0.15) is 32.2 Å². The molecule has 0 radical (unpaired) electrons. The second-order valence-corrected chi connectivity index (χ2v) is 7.29. The molecule has 7 nitrogen and oxygen atoms in total. The summed E-state index contributed by atoms with van der Waals surface area (Å²) in [6, 6.07) is 8.48. The number of amides is 1. The van der Waals surface area contributed by atoms with Crippen molar-refractivity contribution >= 4 is 17.7 Å². The Balaban J connectivity index is 1.99. The van der Waals surface area contributed by atoms with Gasteiger partial charge in [0.05, 0.1) is 11.8 Å². The van der Waals surface area contributed by atoms with Gasteiger partial charge in [-0.1, -0.05) is 43.8 Å². The molecule has 26 heavy (non-hydrogen) atoms. The molecule has 0 aliphatic heterocycles. The van der Waals surface area contributed by atoms with Crippen LogP contribution in [-0.2, 0) is 11.2 Å². The summed E-state index contributed by atoms with van der Waals surface area (Å²) in [6.45, 7) is 5.41. The number of thioether (sulfide) groups is 1. The van der Waals surface area contributed by atoms with Gasteiger partial charge < -0.3 is 11.2 Å². The number of halogens is 1. The maximum atomic E-state index is 13.7. The number of hydrogen-bond donors (Lipinski definition) is 2. The average Bonchev–Trinajstić information content (AvgIpc) is 2.95. The zero-order chi connectivity index (χ0) is 19.3. The molecule has 0 bridgehead atoms. The molecule has 9 heteroatoms. The molecule has 2 rings (SSSR count). The number of nitriles is 1. The van der Waals surface area contributed by atoms with Gasteiger partial charge in [0.25, 0.3) is 0 Å². The summed E-state index contributed by atoms with van der Waals surface area (Å²) < 4.78 is 15.0. The van der Waals surface area contributed by atoms with Crippen molar-refractivity contribution in [3.05, 3.63) is 41.5 Å². The number of carbonyl (C=O) groups excluding carboxylic acids is 1. The molecule has 2 aromatic rings. The Morgan fingerprint density at radius 3 is 2.77 bits per heavy atom. The molecule has 0 aliphatic carbocycles. The van der Waals surface area contributed by atoms with E-state index in [4.69, 9.17) is 5.84 Å². The number of rotatable bonds is 7. The summed E-state index contributed by atoms with van der Waals surface area (Å²) in [5.74, 6) is 5.71. The quantitative estimate of drug-likeness (QED) is 0.564. The highest BCUT2D eigenvalue weighted by atomic mass is 32.2. The predicted octanol–water partition coefficient (Wildman–Crippen LogP) is 1.87. The fraction of sp³-hybridized carbons (Fsp3) is 0.412. The van der Waals surface area contributed by atoms with Crippen molar-refractivity contribution in [3.8, 4) is 6.07 Å². The maximum absolute atomic E-state index is 13.7. The van der Waals surface area contributed by atoms with Crippen molar-refractivity contribution in [2.45, 2.75) is 37.9 Å². The minimum Gasteiger partial charge on any atom is -0.337 e. The van der Waals surface area contributed by atoms with E-state index in [-0.39, 0.29) is 29.8 Å². The van der Waals surface area contributed by atoms with E-state index < -0.39 is 5.54 Å². The largest absolute Gasteiger partial charge is 0.337 e. The smallest absolute Gasteiger partial charge is 0.231 e. The highest BCUT2D eigenvalue weighted by Gasteiger charge is 2.30. The average molecular weight is 376 g/mol. The van der Waals surface area contributed by atoms with Crippen molar-refractivity contribution < 1.29 is 9.18 Å². The van der Waals surface area contributed by atoms with Crippen LogP contribution in [0.2, 0.25) is 0 Å². The summed E-state index contributed by atoms with van der Waals surface area (Å²) in [5, 5.41) is 20.2. The number of hydrogen-bond acceptors (Lipinski definition) is 6. The number of nitrogens with two attached hydrogens (primary N) is 1. The second-order valence-electron chi connectivity index (χ2n) is 6.34. The van der Waals surface area contributed by atoms with E-state index in [2.05, 4.69) is 21.6 Å². The van der Waals surface area contributed by atoms with Crippen LogP contribution in [0, 0.1) is 23.1 Å². The monoisotopic (exact) mass is 376 g/mol. The standard InChI is InChI=1S/C17H21FN6OS/c1-11(2)17(3,10-19)21-15(25)9-26-16-23-22-14(24(16)20)8-12-6-4-5-7-13(12)18/h4-7,11H,8-9,20H2,1-3H3,(H,21,25). The third-order valence-corrected chi connectivity index (χ3v) is 5.10. The van der Waals surface area contributed by atoms with E-state index in [1.165, 1.54) is 10.7 Å². The number of nitrogens with one attached hydrogen (secondary N) is 1. The molecular weight excluding hydrogens is 355 g/mol. The lowest BCUT2D eigenvalue weighted by atomic mass is 9.90. The lowest BCUT2D eigenvalue weighted by molar-refractivity contribution is -0.120. The summed E-state index contributed by atoms with van der Waals surface area (Å²) in [7, 11) is 0. The van der Waals surface area contributed by atoms with Crippen LogP contribution in [-0.4, -0.2) is 32.1 Å². The Hall–Kier alpha value is -2.60. The van der Waals surface area contributed by atoms with E-state index in [0.717, 1.165) is 11.8 Å². The van der Waals surface area contributed by atoms with E-state index in [1.54, 1.807) is 25.1 Å². The number of carbonyl (C=O) groups is 1. The highest BCUT2D eigenvalue weighted by molar-refractivity contribution is 7.99. The van der Waals surface area contributed by atoms with Crippen molar-refractivity contribution in [2.75, 3.05) is 11.6 Å². The van der Waals surface area contributed by atoms with Gasteiger partial charge in [0.1, 0.15) is 11.4 Å². The molecule has 0 saturated heterocycles. The van der Waals surface area contributed by atoms with Crippen LogP contribution in [0.4, 0.5) is 4.39 Å². The Kier molecular flexibility index (Phi) is 6.21. The normalized spacial score (nSPS) is 13.2. The molecule has 0 aliphatic rings. The molecule has 1 amide bonds. The summed E-state index contributed by atoms with van der Waals surface area (Å²) in [4.78, 5) is 12.1. The van der Waals surface area contributed by atoms with Crippen molar-refractivity contribution in [1.29, 1.82) is 5.26 Å². The minimum absolute atomic E-state index is 0.0352. The molecular formula is C17H21FN6OS. The Labute approximate surface area is 155 Å². The van der Waals surface area contributed by atoms with E-state index >= 15 is 0 Å². The van der Waals surface area contributed by atoms with Crippen molar-refractivity contribution in [2.24, 2.45) is 5.92 Å². The molecule has 1 heterocycles. The lowest BCUT2D eigenvalue weighted by Crippen LogP contribution is -2.49. The van der Waals surface area contributed by atoms with Crippen LogP contribution in [0.25, 0.3) is 0 Å². The molecule has 1 atom stereocenters. The molecule has 0 saturated carbocycles. The fourth-order valence-corrected chi connectivity index (χ4v) is 2.77. The summed E-state index contributed by atoms with van der Waals surface area (Å²) in [6.07, 6.45) is 0.197. The maximum Gasteiger partial charge on any atom is 0.231 e. The third kappa shape index (κ3) is 4.52. The van der Waals surface area contributed by atoms with Gasteiger partial charge in [-0.2, -0.15) is 5.26 Å². The zero-order valence-corrected chi connectivity index (χ0v) is 15.7. The molecule has 1 unspecified atom stereocenters. The van der Waals surface area contributed by atoms with Gasteiger partial charge in [-0.05, 0) is 24.5 Å². The molecule has 138 valence electrons. The third-order valence-electron chi connectivity index (χ3n) is 4.16. The topological polar surface area (TPSA) is 110 Å². The van der Waals surface area contributed by atoms with Crippen LogP contribution >= 0.6 is 11.8 Å². The molecule has 0 spiro atoms. The SMILES string of the molecule is CC(C)C(C)(C#N)NC(=O)CSc1nnc(Cc2ccccc2F)n1N. The van der Waals surface area contributed by atoms with Crippen LogP contribution in [0.3, 0.4) is 0 Å². The first-order valence-electron chi connectivity index (χ1n) is 8.04. The molecule has 0 fully saturated rings. The van der Waals surface area contributed by atoms with E-state index in [9.17, 15) is 14.4 Å². The molecule has 1 aromatic carbocycles. The Bertz CT molecular complexity index is 831. The van der Waals surface area contributed by atoms with Crippen molar-refractivity contribution in [3.63, 3.8) is 0 Å². The first-order chi connectivity index (χ1) is 12.3. The number of aromatic nitrogens is 3. The van der Waals surface area contributed by atoms with Gasteiger partial charge in [-0.3, -0.25) is 4.79 Å². The predicted molar refractivity (Wildman–Crippen MR) is 97.1 cm³/mol. The molecule has 1 aromatic heterocycles. The van der Waals surface area contributed by atoms with Crippen molar-refractivity contribution in [1.82, 2.24) is 20.2 Å². The Morgan fingerprint density at radius 1 is 1.46 bits per heavy atom. The zero-order valence-electron chi connectivity index (χ0n) is 14.9. The van der Waals surface area contributed by atoms with Gasteiger partial charge >= 0.3 is 0 Å². The van der Waals surface area contributed by atoms with Gasteiger partial charge in [0.2, 0.25) is 11.1 Å². The number of nitrogens with zero attached hydrogens (tertiary/aromatic N) is 4. The minimum atomic E-state index is -0.940. The fourth-order valence-electron chi connectivity index (χ4n) is 2.10. The first-order valence-corrected chi connectivity index (χ1v) is 9.03. The Morgan fingerprint density at radius 2 is 2.15 bits per heavy atom. The number of benzene rings is 1. The second kappa shape index (κ2) is 8.19. The van der Waals surface area contributed by atoms with E-state index in [1.807, 2.05) is 13.8 Å². The summed E-state index contributed by atoms with van der Waals surface area (Å²) in [5.41, 5.74) is -0.480. The number of nitrogen functional groups attached to an aromatic ring is 1. The van der Waals surface area contributed by atoms with Crippen LogP contribution in [0.5, 0.6) is 0 Å². The van der Waals surface area contributed by atoms with Gasteiger partial charge in [-0.25, -0.2) is 9.07 Å². The molecule has 3 N–H and O–H groups in total. The van der Waals surface area contributed by atoms with Gasteiger partial charge in [0, 0.05) is 6.42 Å². The lowest BCUT2D eigenvalue weighted by Gasteiger charge is -2.27. The van der Waals surface area contributed by atoms with Crippen LogP contribution < -0.4 is 11.2 Å². The van der Waals surface area contributed by atoms with Gasteiger partial charge in [0.15, 0.2) is 5.82 Å². The summed E-state index contributed by atoms with van der Waals surface area (Å²) >= 11 is 1.10. The van der Waals surface area contributed by atoms with E-state index in [0.29, 0.717) is 16.5 Å². The first kappa shape index (κ1) is 19.7. The van der Waals surface area contributed by atoms with Crippen LogP contribution in [0.15, 0.2) is 29.4 Å². The van der Waals surface area contributed by atoms with Gasteiger partial charge in [-0.15, -0.1) is 10.2 Å².